The molecule has 0 radical (unpaired) electrons. The van der Waals surface area contributed by atoms with Crippen molar-refractivity contribution in [2.75, 3.05) is 6.61 Å². The second kappa shape index (κ2) is 13.7. The molecule has 6 rings (SSSR count). The van der Waals surface area contributed by atoms with Crippen molar-refractivity contribution in [1.29, 1.82) is 0 Å². The third kappa shape index (κ3) is 7.41. The van der Waals surface area contributed by atoms with Gasteiger partial charge in [0.15, 0.2) is 11.5 Å². The molecule has 2 amide bonds. The Balaban J connectivity index is 1.41. The number of alkyl halides is 5. The van der Waals surface area contributed by atoms with Gasteiger partial charge < -0.3 is 15.8 Å². The van der Waals surface area contributed by atoms with E-state index in [1.165, 1.54) is 30.5 Å². The molecule has 1 aliphatic carbocycles. The highest BCUT2D eigenvalue weighted by Crippen LogP contribution is 2.49. The van der Waals surface area contributed by atoms with Gasteiger partial charge in [-0.3, -0.25) is 14.7 Å². The molecule has 0 bridgehead atoms. The number of aromatic nitrogens is 3. The molecular formula is C36H34ClF6N7O3. The number of amides is 2. The smallest absolute Gasteiger partial charge is 0.411 e. The zero-order chi connectivity index (χ0) is 38.5. The number of nitrogens with two attached hydrogens (primary N) is 1. The number of ether oxygens (including phenoxy) is 1. The SMILES string of the molecule is CC(C)(C)C[C@]1(c2ccc(-c3cnn(C(F)F)c3)cc2F)N=C(N)N([C@H](COC(=O)NC2(C(F)(F)F)CC2)c2ccc(Cl)c(-c3ccccn3)c2)C1=O. The predicted molar refractivity (Wildman–Crippen MR) is 183 cm³/mol. The maximum atomic E-state index is 16.3. The lowest BCUT2D eigenvalue weighted by molar-refractivity contribution is -0.164. The molecule has 2 aromatic carbocycles. The van der Waals surface area contributed by atoms with E-state index in [0.29, 0.717) is 21.5 Å². The quantitative estimate of drug-likeness (QED) is 0.157. The van der Waals surface area contributed by atoms with Crippen molar-refractivity contribution in [2.24, 2.45) is 16.1 Å². The second-order valence-corrected chi connectivity index (χ2v) is 14.6. The lowest BCUT2D eigenvalue weighted by Gasteiger charge is -2.35. The van der Waals surface area contributed by atoms with Crippen LogP contribution in [0.4, 0.5) is 31.1 Å². The highest BCUT2D eigenvalue weighted by atomic mass is 35.5. The van der Waals surface area contributed by atoms with Gasteiger partial charge in [-0.1, -0.05) is 56.6 Å². The monoisotopic (exact) mass is 761 g/mol. The summed E-state index contributed by atoms with van der Waals surface area (Å²) in [5.41, 5.74) is 2.85. The summed E-state index contributed by atoms with van der Waals surface area (Å²) in [6.45, 7) is 1.81. The van der Waals surface area contributed by atoms with Crippen LogP contribution in [0.1, 0.15) is 63.8 Å². The summed E-state index contributed by atoms with van der Waals surface area (Å²) in [6, 6.07) is 12.3. The second-order valence-electron chi connectivity index (χ2n) is 14.2. The molecule has 2 aromatic heterocycles. The minimum absolute atomic E-state index is 0.0718. The summed E-state index contributed by atoms with van der Waals surface area (Å²) in [5, 5.41) is 5.78. The Hall–Kier alpha value is -5.12. The number of aliphatic imine (C=N–C) groups is 1. The van der Waals surface area contributed by atoms with Crippen LogP contribution in [0, 0.1) is 11.2 Å². The molecule has 53 heavy (non-hydrogen) atoms. The number of carbonyl (C=O) groups excluding carboxylic acids is 2. The third-order valence-corrected chi connectivity index (χ3v) is 9.42. The fourth-order valence-electron chi connectivity index (χ4n) is 6.46. The van der Waals surface area contributed by atoms with Crippen LogP contribution in [0.5, 0.6) is 0 Å². The molecule has 1 fully saturated rings. The summed E-state index contributed by atoms with van der Waals surface area (Å²) in [4.78, 5) is 37.7. The molecule has 1 aliphatic heterocycles. The third-order valence-electron chi connectivity index (χ3n) is 9.09. The fraction of sp³-hybridized carbons (Fsp3) is 0.361. The van der Waals surface area contributed by atoms with Crippen molar-refractivity contribution < 1.29 is 40.7 Å². The van der Waals surface area contributed by atoms with E-state index in [-0.39, 0.29) is 46.9 Å². The van der Waals surface area contributed by atoms with E-state index in [1.807, 2.05) is 5.32 Å². The molecule has 3 N–H and O–H groups in total. The van der Waals surface area contributed by atoms with Crippen LogP contribution in [-0.4, -0.2) is 55.9 Å². The van der Waals surface area contributed by atoms with Gasteiger partial charge in [-0.2, -0.15) is 27.1 Å². The van der Waals surface area contributed by atoms with Gasteiger partial charge in [0.05, 0.1) is 17.9 Å². The van der Waals surface area contributed by atoms with Gasteiger partial charge in [0.1, 0.15) is 18.0 Å². The number of hydrogen-bond acceptors (Lipinski definition) is 7. The average molecular weight is 762 g/mol. The lowest BCUT2D eigenvalue weighted by Crippen LogP contribution is -2.50. The summed E-state index contributed by atoms with van der Waals surface area (Å²) in [7, 11) is 0. The van der Waals surface area contributed by atoms with Crippen molar-refractivity contribution >= 4 is 29.6 Å². The number of alkyl carbamates (subject to hydrolysis) is 1. The molecule has 2 atom stereocenters. The molecular weight excluding hydrogens is 728 g/mol. The first-order valence-electron chi connectivity index (χ1n) is 16.4. The zero-order valence-corrected chi connectivity index (χ0v) is 29.4. The maximum Gasteiger partial charge on any atom is 0.411 e. The first kappa shape index (κ1) is 37.6. The summed E-state index contributed by atoms with van der Waals surface area (Å²) < 4.78 is 89.3. The van der Waals surface area contributed by atoms with Gasteiger partial charge >= 0.3 is 18.8 Å². The van der Waals surface area contributed by atoms with E-state index < -0.39 is 59.7 Å². The van der Waals surface area contributed by atoms with E-state index in [4.69, 9.17) is 22.1 Å². The van der Waals surface area contributed by atoms with Gasteiger partial charge in [0.25, 0.3) is 5.91 Å². The Morgan fingerprint density at radius 1 is 1.08 bits per heavy atom. The molecule has 0 spiro atoms. The van der Waals surface area contributed by atoms with Crippen molar-refractivity contribution in [3.05, 3.63) is 95.2 Å². The maximum absolute atomic E-state index is 16.3. The molecule has 2 aliphatic rings. The number of nitrogens with zero attached hydrogens (tertiary/aromatic N) is 5. The number of pyridine rings is 1. The average Bonchev–Trinajstić information content (AvgIpc) is 3.62. The highest BCUT2D eigenvalue weighted by molar-refractivity contribution is 6.33. The number of halogens is 7. The molecule has 17 heteroatoms. The fourth-order valence-corrected chi connectivity index (χ4v) is 6.67. The first-order valence-corrected chi connectivity index (χ1v) is 16.8. The van der Waals surface area contributed by atoms with Crippen LogP contribution >= 0.6 is 11.6 Å². The van der Waals surface area contributed by atoms with Crippen LogP contribution in [0.2, 0.25) is 5.02 Å². The molecule has 3 heterocycles. The standard InChI is InChI=1S/C36H34ClF6N7O3/c1-33(2,3)19-35(24-9-7-20(15-26(24)38)22-16-46-49(17-22)30(39)40)29(51)50(31(44)47-35)28(18-53-32(52)48-34(11-12-34)36(41,42)43)21-8-10-25(37)23(14-21)27-6-4-5-13-45-27/h4-10,13-17,28,30H,11-12,18-19H2,1-3H3,(H2,44,47)(H,48,52)/t28-,35-/m1/s1. The molecule has 4 aromatic rings. The normalized spacial score (nSPS) is 19.0. The summed E-state index contributed by atoms with van der Waals surface area (Å²) >= 11 is 6.54. The van der Waals surface area contributed by atoms with E-state index in [0.717, 1.165) is 23.4 Å². The molecule has 280 valence electrons. The van der Waals surface area contributed by atoms with Gasteiger partial charge in [0.2, 0.25) is 0 Å². The van der Waals surface area contributed by atoms with E-state index in [2.05, 4.69) is 15.1 Å². The lowest BCUT2D eigenvalue weighted by atomic mass is 9.75. The van der Waals surface area contributed by atoms with Gasteiger partial charge in [0, 0.05) is 34.1 Å². The van der Waals surface area contributed by atoms with Crippen LogP contribution in [0.25, 0.3) is 22.4 Å². The van der Waals surface area contributed by atoms with E-state index >= 15 is 4.39 Å². The van der Waals surface area contributed by atoms with Crippen molar-refractivity contribution in [2.45, 2.75) is 69.9 Å². The van der Waals surface area contributed by atoms with Crippen molar-refractivity contribution in [3.63, 3.8) is 0 Å². The largest absolute Gasteiger partial charge is 0.447 e. The van der Waals surface area contributed by atoms with Crippen molar-refractivity contribution in [3.8, 4) is 22.4 Å². The molecule has 0 saturated heterocycles. The Bertz CT molecular complexity index is 2060. The van der Waals surface area contributed by atoms with Gasteiger partial charge in [-0.15, -0.1) is 0 Å². The number of carbonyl (C=O) groups is 2. The topological polar surface area (TPSA) is 128 Å². The number of nitrogens with one attached hydrogen (secondary N) is 1. The Morgan fingerprint density at radius 2 is 1.81 bits per heavy atom. The summed E-state index contributed by atoms with van der Waals surface area (Å²) in [6.07, 6.45) is -3.06. The predicted octanol–water partition coefficient (Wildman–Crippen LogP) is 8.15. The molecule has 0 unspecified atom stereocenters. The number of hydrogen-bond donors (Lipinski definition) is 2. The van der Waals surface area contributed by atoms with Gasteiger partial charge in [-0.25, -0.2) is 18.9 Å². The summed E-state index contributed by atoms with van der Waals surface area (Å²) in [5.74, 6) is -2.07. The Labute approximate surface area is 305 Å². The molecule has 1 saturated carbocycles. The zero-order valence-electron chi connectivity index (χ0n) is 28.6. The van der Waals surface area contributed by atoms with Crippen LogP contribution < -0.4 is 11.1 Å². The van der Waals surface area contributed by atoms with E-state index in [1.54, 1.807) is 45.0 Å². The van der Waals surface area contributed by atoms with E-state index in [9.17, 15) is 31.5 Å². The molecule has 10 nitrogen and oxygen atoms in total. The minimum Gasteiger partial charge on any atom is -0.447 e. The Morgan fingerprint density at radius 3 is 2.40 bits per heavy atom. The number of rotatable bonds is 10. The first-order chi connectivity index (χ1) is 24.8. The minimum atomic E-state index is -4.71. The van der Waals surface area contributed by atoms with Crippen LogP contribution in [0.15, 0.2) is 78.2 Å². The highest BCUT2D eigenvalue weighted by Gasteiger charge is 2.64. The van der Waals surface area contributed by atoms with Gasteiger partial charge in [-0.05, 0) is 66.1 Å². The Kier molecular flexibility index (Phi) is 9.73. The van der Waals surface area contributed by atoms with Crippen LogP contribution in [0.3, 0.4) is 0 Å². The van der Waals surface area contributed by atoms with Crippen molar-refractivity contribution in [1.82, 2.24) is 25.0 Å². The number of guanidine groups is 1. The van der Waals surface area contributed by atoms with Crippen LogP contribution in [-0.2, 0) is 15.1 Å². The number of benzene rings is 2.